The van der Waals surface area contributed by atoms with Gasteiger partial charge in [0.2, 0.25) is 4.91 Å². The fourth-order valence-corrected chi connectivity index (χ4v) is 1.24. The van der Waals surface area contributed by atoms with Crippen LogP contribution < -0.4 is 4.91 Å². The van der Waals surface area contributed by atoms with Crippen LogP contribution in [-0.2, 0) is 8.26 Å². The van der Waals surface area contributed by atoms with Crippen LogP contribution in [0.2, 0.25) is 0 Å². The lowest BCUT2D eigenvalue weighted by atomic mass is 9.95. The smallest absolute Gasteiger partial charge is 0.289 e. The van der Waals surface area contributed by atoms with Crippen molar-refractivity contribution < 1.29 is 18.0 Å². The van der Waals surface area contributed by atoms with Crippen LogP contribution in [0.15, 0.2) is 36.4 Å². The summed E-state index contributed by atoms with van der Waals surface area (Å²) >= 11 is 0. The van der Waals surface area contributed by atoms with Crippen LogP contribution >= 0.6 is 21.4 Å². The maximum Gasteiger partial charge on any atom is 0.317 e. The molecule has 10 heteroatoms. The van der Waals surface area contributed by atoms with Crippen LogP contribution in [0.4, 0.5) is 0 Å². The standard InChI is InChI=1S/C10H6O2.Cl2O2S.H2N3/c11-9-5-6-10(12)8-4-2-1-3-7(8)9;1-5(2,3)4;1-3-2/h1-6H;;1-2H/q;;+1. The minimum Gasteiger partial charge on any atom is -0.289 e. The number of carbonyl (C=O) groups excluding carboxylic acids is 2. The predicted octanol–water partition coefficient (Wildman–Crippen LogP) is 2.45. The molecule has 1 aliphatic carbocycles. The van der Waals surface area contributed by atoms with Gasteiger partial charge in [-0.3, -0.25) is 9.59 Å². The van der Waals surface area contributed by atoms with Gasteiger partial charge in [-0.1, -0.05) is 24.3 Å². The van der Waals surface area contributed by atoms with E-state index < -0.39 is 8.26 Å². The van der Waals surface area contributed by atoms with E-state index in [0.29, 0.717) is 11.1 Å². The normalized spacial score (nSPS) is 12.1. The first-order chi connectivity index (χ1) is 9.20. The van der Waals surface area contributed by atoms with Crippen molar-refractivity contribution in [3.05, 3.63) is 47.5 Å². The summed E-state index contributed by atoms with van der Waals surface area (Å²) in [6.07, 6.45) is 2.62. The summed E-state index contributed by atoms with van der Waals surface area (Å²) < 4.78 is 18.3. The van der Waals surface area contributed by atoms with Crippen molar-refractivity contribution in [3.8, 4) is 0 Å². The van der Waals surface area contributed by atoms with E-state index in [9.17, 15) is 9.59 Å². The highest BCUT2D eigenvalue weighted by Crippen LogP contribution is 2.15. The summed E-state index contributed by atoms with van der Waals surface area (Å²) in [5, 5.41) is 0. The summed E-state index contributed by atoms with van der Waals surface area (Å²) in [6.45, 7) is 0. The van der Waals surface area contributed by atoms with Crippen molar-refractivity contribution in [1.29, 1.82) is 11.1 Å². The summed E-state index contributed by atoms with van der Waals surface area (Å²) in [6, 6.07) is 6.84. The van der Waals surface area contributed by atoms with Crippen molar-refractivity contribution in [3.63, 3.8) is 0 Å². The molecule has 20 heavy (non-hydrogen) atoms. The molecule has 0 saturated heterocycles. The van der Waals surface area contributed by atoms with Crippen LogP contribution in [0.3, 0.4) is 0 Å². The number of rotatable bonds is 0. The second kappa shape index (κ2) is 8.34. The number of allylic oxidation sites excluding steroid dienone is 2. The fourth-order valence-electron chi connectivity index (χ4n) is 1.24. The number of ketones is 2. The van der Waals surface area contributed by atoms with Gasteiger partial charge in [-0.25, -0.2) is 0 Å². The van der Waals surface area contributed by atoms with Crippen molar-refractivity contribution in [2.75, 3.05) is 0 Å². The van der Waals surface area contributed by atoms with Gasteiger partial charge in [0.1, 0.15) is 11.1 Å². The molecule has 7 nitrogen and oxygen atoms in total. The van der Waals surface area contributed by atoms with Gasteiger partial charge in [-0.05, 0) is 12.2 Å². The largest absolute Gasteiger partial charge is 0.317 e. The first-order valence-electron chi connectivity index (χ1n) is 4.74. The van der Waals surface area contributed by atoms with Crippen LogP contribution in [0.1, 0.15) is 20.7 Å². The summed E-state index contributed by atoms with van der Waals surface area (Å²) in [5.41, 5.74) is 12.0. The Morgan fingerprint density at radius 3 is 1.40 bits per heavy atom. The zero-order valence-corrected chi connectivity index (χ0v) is 12.0. The number of hydrogen-bond donors (Lipinski definition) is 2. The van der Waals surface area contributed by atoms with Crippen LogP contribution in [0, 0.1) is 11.1 Å². The Balaban J connectivity index is 0.000000382. The molecule has 0 unspecified atom stereocenters. The number of nitrogens with zero attached hydrogens (tertiary/aromatic N) is 1. The van der Waals surface area contributed by atoms with Gasteiger partial charge in [-0.15, -0.1) is 0 Å². The van der Waals surface area contributed by atoms with Crippen molar-refractivity contribution in [2.45, 2.75) is 0 Å². The van der Waals surface area contributed by atoms with E-state index in [1.807, 2.05) is 4.91 Å². The zero-order valence-electron chi connectivity index (χ0n) is 9.71. The van der Waals surface area contributed by atoms with Crippen LogP contribution in [0.25, 0.3) is 0 Å². The summed E-state index contributed by atoms with van der Waals surface area (Å²) in [4.78, 5) is 24.4. The number of hydrogen-bond acceptors (Lipinski definition) is 6. The molecular weight excluding hydrogens is 329 g/mol. The van der Waals surface area contributed by atoms with Gasteiger partial charge in [0.05, 0.1) is 0 Å². The average molecular weight is 337 g/mol. The molecule has 0 spiro atoms. The minimum atomic E-state index is -3.72. The van der Waals surface area contributed by atoms with E-state index in [-0.39, 0.29) is 11.6 Å². The molecule has 1 aliphatic rings. The van der Waals surface area contributed by atoms with Gasteiger partial charge in [-0.2, -0.15) is 8.42 Å². The molecule has 0 radical (unpaired) electrons. The lowest BCUT2D eigenvalue weighted by Gasteiger charge is -2.06. The molecule has 0 saturated carbocycles. The van der Waals surface area contributed by atoms with Gasteiger partial charge >= 0.3 is 8.26 Å². The monoisotopic (exact) mass is 336 g/mol. The highest BCUT2D eigenvalue weighted by Gasteiger charge is 2.16. The number of carbonyl (C=O) groups is 2. The van der Waals surface area contributed by atoms with Crippen molar-refractivity contribution in [1.82, 2.24) is 4.91 Å². The Bertz CT molecular complexity index is 634. The molecule has 0 aromatic heterocycles. The van der Waals surface area contributed by atoms with E-state index in [1.54, 1.807) is 24.3 Å². The molecule has 0 bridgehead atoms. The van der Waals surface area contributed by atoms with E-state index in [0.717, 1.165) is 0 Å². The SMILES string of the molecule is N=[N+]=N.O=C1C=CC(=O)c2ccccc21.O=S(=O)(Cl)Cl. The third-order valence-electron chi connectivity index (χ3n) is 1.84. The summed E-state index contributed by atoms with van der Waals surface area (Å²) in [5.74, 6) is -0.185. The van der Waals surface area contributed by atoms with Crippen LogP contribution in [-0.4, -0.2) is 20.0 Å². The zero-order chi connectivity index (χ0) is 15.8. The second-order valence-corrected chi connectivity index (χ2v) is 6.77. The molecule has 0 aliphatic heterocycles. The number of fused-ring (bicyclic) bond motifs is 1. The third-order valence-corrected chi connectivity index (χ3v) is 1.84. The molecule has 2 N–H and O–H groups in total. The molecule has 1 aromatic rings. The lowest BCUT2D eigenvalue weighted by Crippen LogP contribution is -2.10. The lowest BCUT2D eigenvalue weighted by molar-refractivity contribution is 0.0994. The average Bonchev–Trinajstić information content (AvgIpc) is 2.33. The first kappa shape index (κ1) is 18.1. The molecule has 0 heterocycles. The van der Waals surface area contributed by atoms with Crippen molar-refractivity contribution >= 4 is 41.2 Å². The summed E-state index contributed by atoms with van der Waals surface area (Å²) in [7, 11) is 4.81. The quantitative estimate of drug-likeness (QED) is 0.428. The second-order valence-electron chi connectivity index (χ2n) is 3.10. The van der Waals surface area contributed by atoms with Gasteiger partial charge in [0.15, 0.2) is 11.6 Å². The maximum atomic E-state index is 11.2. The van der Waals surface area contributed by atoms with Crippen molar-refractivity contribution in [2.24, 2.45) is 0 Å². The number of halogens is 2. The Labute approximate surface area is 123 Å². The van der Waals surface area contributed by atoms with Gasteiger partial charge in [0, 0.05) is 32.5 Å². The first-order valence-corrected chi connectivity index (χ1v) is 7.87. The predicted molar refractivity (Wildman–Crippen MR) is 72.4 cm³/mol. The molecule has 0 amide bonds. The highest BCUT2D eigenvalue weighted by atomic mass is 36.0. The van der Waals surface area contributed by atoms with Gasteiger partial charge < -0.3 is 0 Å². The topological polar surface area (TPSA) is 130 Å². The Morgan fingerprint density at radius 1 is 0.900 bits per heavy atom. The van der Waals surface area contributed by atoms with E-state index in [4.69, 9.17) is 19.5 Å². The molecule has 0 fully saturated rings. The molecule has 0 atom stereocenters. The molecule has 2 rings (SSSR count). The van der Waals surface area contributed by atoms with Gasteiger partial charge in [0.25, 0.3) is 0 Å². The Kier molecular flexibility index (Phi) is 7.56. The number of benzene rings is 1. The van der Waals surface area contributed by atoms with E-state index in [1.165, 1.54) is 12.2 Å². The highest BCUT2D eigenvalue weighted by molar-refractivity contribution is 8.31. The van der Waals surface area contributed by atoms with Crippen LogP contribution in [0.5, 0.6) is 0 Å². The number of nitrogens with one attached hydrogen (secondary N) is 2. The maximum absolute atomic E-state index is 11.2. The van der Waals surface area contributed by atoms with E-state index >= 15 is 0 Å². The molecule has 106 valence electrons. The Hall–Kier alpha value is -1.86. The fraction of sp³-hybridized carbons (Fsp3) is 0. The van der Waals surface area contributed by atoms with E-state index in [2.05, 4.69) is 21.4 Å². The Morgan fingerprint density at radius 2 is 1.15 bits per heavy atom. The minimum absolute atomic E-state index is 0.0924. The molecule has 1 aromatic carbocycles. The molecular formula is C10H8Cl2N3O4S+. The third kappa shape index (κ3) is 7.55.